The number of nitrogens with zero attached hydrogens (tertiary/aromatic N) is 2. The van der Waals surface area contributed by atoms with Crippen molar-refractivity contribution in [1.29, 1.82) is 0 Å². The highest BCUT2D eigenvalue weighted by Gasteiger charge is 2.39. The van der Waals surface area contributed by atoms with Crippen molar-refractivity contribution in [2.24, 2.45) is 5.41 Å². The van der Waals surface area contributed by atoms with Crippen molar-refractivity contribution in [2.45, 2.75) is 26.3 Å². The molecular formula is C22H19BrF4N2O3. The van der Waals surface area contributed by atoms with Gasteiger partial charge >= 0.3 is 5.97 Å². The third-order valence-electron chi connectivity index (χ3n) is 5.75. The fourth-order valence-corrected chi connectivity index (χ4v) is 4.39. The zero-order valence-electron chi connectivity index (χ0n) is 17.4. The molecule has 0 spiro atoms. The number of methoxy groups -OCH3 is 1. The third-order valence-corrected chi connectivity index (χ3v) is 6.33. The fourth-order valence-electron chi connectivity index (χ4n) is 4.01. The van der Waals surface area contributed by atoms with Gasteiger partial charge in [0.1, 0.15) is 17.2 Å². The molecule has 1 saturated heterocycles. The van der Waals surface area contributed by atoms with E-state index in [2.05, 4.69) is 20.9 Å². The van der Waals surface area contributed by atoms with Gasteiger partial charge in [0, 0.05) is 17.4 Å². The normalized spacial score (nSPS) is 17.8. The second-order valence-corrected chi connectivity index (χ2v) is 9.21. The number of carbonyl (C=O) groups is 1. The second kappa shape index (κ2) is 8.15. The molecule has 1 atom stereocenters. The maximum atomic E-state index is 14.9. The monoisotopic (exact) mass is 514 g/mol. The van der Waals surface area contributed by atoms with Crippen molar-refractivity contribution >= 4 is 32.9 Å². The molecule has 1 aliphatic rings. The van der Waals surface area contributed by atoms with E-state index in [4.69, 9.17) is 9.47 Å². The number of hydrogen-bond donors (Lipinski definition) is 0. The van der Waals surface area contributed by atoms with Gasteiger partial charge in [0.05, 0.1) is 41.9 Å². The van der Waals surface area contributed by atoms with Crippen LogP contribution in [0.25, 0.3) is 11.0 Å². The van der Waals surface area contributed by atoms with Crippen molar-refractivity contribution < 1.29 is 31.8 Å². The zero-order chi connectivity index (χ0) is 23.4. The lowest BCUT2D eigenvalue weighted by Crippen LogP contribution is -2.27. The van der Waals surface area contributed by atoms with Crippen LogP contribution in [-0.4, -0.2) is 35.8 Å². The highest BCUT2D eigenvalue weighted by atomic mass is 79.9. The molecule has 1 fully saturated rings. The number of aromatic nitrogens is 2. The van der Waals surface area contributed by atoms with Gasteiger partial charge in [0.2, 0.25) is 0 Å². The molecule has 0 unspecified atom stereocenters. The average Bonchev–Trinajstić information content (AvgIpc) is 3.27. The lowest BCUT2D eigenvalue weighted by molar-refractivity contribution is 0.0600. The molecule has 3 aromatic rings. The summed E-state index contributed by atoms with van der Waals surface area (Å²) in [6, 6.07) is 2.87. The van der Waals surface area contributed by atoms with E-state index in [9.17, 15) is 22.4 Å². The van der Waals surface area contributed by atoms with E-state index in [0.717, 1.165) is 12.1 Å². The minimum Gasteiger partial charge on any atom is -0.465 e. The Kier molecular flexibility index (Phi) is 5.79. The highest BCUT2D eigenvalue weighted by molar-refractivity contribution is 9.10. The number of halogens is 5. The quantitative estimate of drug-likeness (QED) is 0.204. The SMILES string of the molecule is COC(=O)c1cc(F)c2nc(Cc3c(F)cc(Br)c(F)c3F)n([C@@H]3COCC3(C)C)c2c1. The maximum absolute atomic E-state index is 14.9. The molecule has 5 nitrogen and oxygen atoms in total. The van der Waals surface area contributed by atoms with Gasteiger partial charge in [-0.1, -0.05) is 13.8 Å². The lowest BCUT2D eigenvalue weighted by atomic mass is 9.87. The smallest absolute Gasteiger partial charge is 0.338 e. The van der Waals surface area contributed by atoms with Gasteiger partial charge in [-0.2, -0.15) is 0 Å². The summed E-state index contributed by atoms with van der Waals surface area (Å²) in [6.07, 6.45) is -0.434. The van der Waals surface area contributed by atoms with Crippen molar-refractivity contribution in [3.8, 4) is 0 Å². The number of benzene rings is 2. The predicted octanol–water partition coefficient (Wildman–Crippen LogP) is 5.33. The van der Waals surface area contributed by atoms with Crippen molar-refractivity contribution in [3.05, 3.63) is 62.9 Å². The van der Waals surface area contributed by atoms with Crippen molar-refractivity contribution in [3.63, 3.8) is 0 Å². The van der Waals surface area contributed by atoms with Crippen LogP contribution in [0.4, 0.5) is 17.6 Å². The summed E-state index contributed by atoms with van der Waals surface area (Å²) in [5.74, 6) is -4.96. The van der Waals surface area contributed by atoms with Gasteiger partial charge < -0.3 is 14.0 Å². The Bertz CT molecular complexity index is 1240. The number of imidazole rings is 1. The number of fused-ring (bicyclic) bond motifs is 1. The summed E-state index contributed by atoms with van der Waals surface area (Å²) in [5, 5.41) is 0. The molecule has 1 aliphatic heterocycles. The summed E-state index contributed by atoms with van der Waals surface area (Å²) in [5.41, 5.74) is -0.819. The third kappa shape index (κ3) is 3.69. The largest absolute Gasteiger partial charge is 0.465 e. The van der Waals surface area contributed by atoms with Crippen LogP contribution in [0.3, 0.4) is 0 Å². The first-order chi connectivity index (χ1) is 15.0. The average molecular weight is 515 g/mol. The molecular weight excluding hydrogens is 496 g/mol. The van der Waals surface area contributed by atoms with Gasteiger partial charge in [-0.3, -0.25) is 0 Å². The molecule has 4 rings (SSSR count). The Morgan fingerprint density at radius 1 is 1.22 bits per heavy atom. The van der Waals surface area contributed by atoms with E-state index in [1.807, 2.05) is 13.8 Å². The first kappa shape index (κ1) is 22.7. The number of carbonyl (C=O) groups excluding carboxylic acids is 1. The molecule has 32 heavy (non-hydrogen) atoms. The summed E-state index contributed by atoms with van der Waals surface area (Å²) < 4.78 is 69.7. The molecule has 10 heteroatoms. The topological polar surface area (TPSA) is 53.3 Å². The molecule has 170 valence electrons. The Morgan fingerprint density at radius 3 is 2.56 bits per heavy atom. The summed E-state index contributed by atoms with van der Waals surface area (Å²) in [6.45, 7) is 4.50. The van der Waals surface area contributed by atoms with Crippen LogP contribution >= 0.6 is 15.9 Å². The summed E-state index contributed by atoms with van der Waals surface area (Å²) >= 11 is 2.78. The van der Waals surface area contributed by atoms with E-state index in [-0.39, 0.29) is 39.5 Å². The van der Waals surface area contributed by atoms with Gasteiger partial charge in [-0.05, 0) is 34.1 Å². The van der Waals surface area contributed by atoms with Crippen LogP contribution in [0.5, 0.6) is 0 Å². The number of rotatable bonds is 4. The summed E-state index contributed by atoms with van der Waals surface area (Å²) in [4.78, 5) is 16.3. The van der Waals surface area contributed by atoms with E-state index in [1.165, 1.54) is 13.2 Å². The molecule has 0 saturated carbocycles. The molecule has 2 heterocycles. The van der Waals surface area contributed by atoms with E-state index >= 15 is 0 Å². The standard InChI is InChI=1S/C22H19BrF4N2O3/c1-22(2)9-32-8-16(22)29-15-5-10(21(30)31-3)4-14(25)20(15)28-17(29)6-11-13(24)7-12(23)19(27)18(11)26/h4-5,7,16H,6,8-9H2,1-3H3/t16-/m1/s1. The van der Waals surface area contributed by atoms with Crippen LogP contribution in [0, 0.1) is 28.7 Å². The highest BCUT2D eigenvalue weighted by Crippen LogP contribution is 2.41. The Hall–Kier alpha value is -2.46. The van der Waals surface area contributed by atoms with Gasteiger partial charge in [-0.25, -0.2) is 27.3 Å². The van der Waals surface area contributed by atoms with E-state index in [1.54, 1.807) is 4.57 Å². The number of hydrogen-bond acceptors (Lipinski definition) is 4. The van der Waals surface area contributed by atoms with E-state index in [0.29, 0.717) is 6.61 Å². The Balaban J connectivity index is 1.97. The second-order valence-electron chi connectivity index (χ2n) is 8.36. The minimum atomic E-state index is -1.35. The van der Waals surface area contributed by atoms with Crippen LogP contribution in [0.15, 0.2) is 22.7 Å². The molecule has 0 bridgehead atoms. The van der Waals surface area contributed by atoms with Gasteiger partial charge in [-0.15, -0.1) is 0 Å². The summed E-state index contributed by atoms with van der Waals surface area (Å²) in [7, 11) is 1.18. The van der Waals surface area contributed by atoms with E-state index < -0.39 is 46.6 Å². The number of esters is 1. The van der Waals surface area contributed by atoms with Crippen LogP contribution in [0.1, 0.15) is 41.6 Å². The molecule has 1 aromatic heterocycles. The zero-order valence-corrected chi connectivity index (χ0v) is 19.0. The van der Waals surface area contributed by atoms with Crippen molar-refractivity contribution in [1.82, 2.24) is 9.55 Å². The molecule has 0 aliphatic carbocycles. The Labute approximate surface area is 189 Å². The molecule has 0 N–H and O–H groups in total. The van der Waals surface area contributed by atoms with Gasteiger partial charge in [0.25, 0.3) is 0 Å². The molecule has 0 radical (unpaired) electrons. The predicted molar refractivity (Wildman–Crippen MR) is 111 cm³/mol. The van der Waals surface area contributed by atoms with Crippen LogP contribution in [-0.2, 0) is 15.9 Å². The van der Waals surface area contributed by atoms with Gasteiger partial charge in [0.15, 0.2) is 17.5 Å². The van der Waals surface area contributed by atoms with Crippen LogP contribution < -0.4 is 0 Å². The van der Waals surface area contributed by atoms with Crippen molar-refractivity contribution in [2.75, 3.05) is 20.3 Å². The lowest BCUT2D eigenvalue weighted by Gasteiger charge is -2.28. The van der Waals surface area contributed by atoms with Crippen LogP contribution in [0.2, 0.25) is 0 Å². The fraction of sp³-hybridized carbons (Fsp3) is 0.364. The molecule has 0 amide bonds. The Morgan fingerprint density at radius 2 is 1.94 bits per heavy atom. The first-order valence-electron chi connectivity index (χ1n) is 9.73. The number of ether oxygens (including phenoxy) is 2. The molecule has 2 aromatic carbocycles. The minimum absolute atomic E-state index is 0.0334. The maximum Gasteiger partial charge on any atom is 0.338 e. The first-order valence-corrected chi connectivity index (χ1v) is 10.5.